The van der Waals surface area contributed by atoms with Gasteiger partial charge in [-0.15, -0.1) is 0 Å². The Morgan fingerprint density at radius 2 is 1.61 bits per heavy atom. The van der Waals surface area contributed by atoms with E-state index in [2.05, 4.69) is 39.0 Å². The van der Waals surface area contributed by atoms with E-state index in [4.69, 9.17) is 11.5 Å². The van der Waals surface area contributed by atoms with Crippen LogP contribution in [0.15, 0.2) is 83.9 Å². The van der Waals surface area contributed by atoms with Crippen LogP contribution in [0.25, 0.3) is 11.0 Å². The van der Waals surface area contributed by atoms with Gasteiger partial charge in [0.1, 0.15) is 0 Å². The second-order valence-corrected chi connectivity index (χ2v) is 11.3. The van der Waals surface area contributed by atoms with E-state index in [0.717, 1.165) is 61.1 Å². The quantitative estimate of drug-likeness (QED) is 0.136. The zero-order chi connectivity index (χ0) is 31.5. The number of carbonyl (C=O) groups is 2. The van der Waals surface area contributed by atoms with Crippen molar-refractivity contribution < 1.29 is 9.59 Å². The van der Waals surface area contributed by atoms with Gasteiger partial charge >= 0.3 is 5.69 Å². The number of likely N-dealkylation sites (tertiary alicyclic amines) is 1. The summed E-state index contributed by atoms with van der Waals surface area (Å²) in [6.45, 7) is 10.4. The first kappa shape index (κ1) is 32.6. The van der Waals surface area contributed by atoms with Gasteiger partial charge in [0.15, 0.2) is 0 Å². The predicted octanol–water partition coefficient (Wildman–Crippen LogP) is 1.88. The highest BCUT2D eigenvalue weighted by atomic mass is 16.2. The van der Waals surface area contributed by atoms with Gasteiger partial charge in [0.05, 0.1) is 36.2 Å². The molecule has 2 heterocycles. The summed E-state index contributed by atoms with van der Waals surface area (Å²) >= 11 is 0. The van der Waals surface area contributed by atoms with Gasteiger partial charge in [0.2, 0.25) is 11.8 Å². The summed E-state index contributed by atoms with van der Waals surface area (Å²) in [4.78, 5) is 43.1. The Morgan fingerprint density at radius 1 is 0.932 bits per heavy atom. The maximum atomic E-state index is 13.2. The van der Waals surface area contributed by atoms with Gasteiger partial charge in [0, 0.05) is 30.5 Å². The zero-order valence-electron chi connectivity index (χ0n) is 25.4. The number of fused-ring (bicyclic) bond motifs is 1. The second-order valence-electron chi connectivity index (χ2n) is 11.3. The third-order valence-corrected chi connectivity index (χ3v) is 8.24. The molecule has 0 radical (unpaired) electrons. The zero-order valence-corrected chi connectivity index (χ0v) is 25.4. The number of hydrogen-bond donors (Lipinski definition) is 6. The van der Waals surface area contributed by atoms with Gasteiger partial charge in [-0.2, -0.15) is 0 Å². The minimum Gasteiger partial charge on any atom is -0.378 e. The molecule has 11 nitrogen and oxygen atoms in total. The number of aromatic amines is 1. The lowest BCUT2D eigenvalue weighted by Crippen LogP contribution is -2.48. The number of nitrogens with two attached hydrogens (primary N) is 2. The van der Waals surface area contributed by atoms with Crippen LogP contribution < -0.4 is 33.1 Å². The van der Waals surface area contributed by atoms with Crippen molar-refractivity contribution >= 4 is 22.8 Å². The van der Waals surface area contributed by atoms with E-state index in [1.54, 1.807) is 0 Å². The number of nitrogens with zero attached hydrogens (tertiary/aromatic N) is 2. The molecule has 2 unspecified atom stereocenters. The Labute approximate surface area is 258 Å². The Kier molecular flexibility index (Phi) is 11.8. The van der Waals surface area contributed by atoms with Gasteiger partial charge in [-0.05, 0) is 62.8 Å². The maximum absolute atomic E-state index is 13.2. The molecule has 0 aliphatic carbocycles. The third kappa shape index (κ3) is 8.61. The first-order chi connectivity index (χ1) is 21.3. The molecule has 44 heavy (non-hydrogen) atoms. The summed E-state index contributed by atoms with van der Waals surface area (Å²) in [6.07, 6.45) is 4.52. The number of benzene rings is 2. The van der Waals surface area contributed by atoms with E-state index < -0.39 is 6.04 Å². The fourth-order valence-corrected chi connectivity index (χ4v) is 5.81. The average molecular weight is 603 g/mol. The molecule has 11 heteroatoms. The van der Waals surface area contributed by atoms with E-state index >= 15 is 0 Å². The minimum absolute atomic E-state index is 0.00512. The summed E-state index contributed by atoms with van der Waals surface area (Å²) in [7, 11) is 0. The first-order valence-electron chi connectivity index (χ1n) is 15.4. The fourth-order valence-electron chi connectivity index (χ4n) is 5.81. The van der Waals surface area contributed by atoms with Crippen LogP contribution in [0, 0.1) is 0 Å². The largest absolute Gasteiger partial charge is 0.378 e. The Morgan fingerprint density at radius 3 is 2.32 bits per heavy atom. The number of para-hydroxylation sites is 2. The van der Waals surface area contributed by atoms with Crippen molar-refractivity contribution in [3.8, 4) is 0 Å². The number of amides is 2. The minimum atomic E-state index is -0.428. The highest BCUT2D eigenvalue weighted by Gasteiger charge is 2.27. The lowest BCUT2D eigenvalue weighted by Gasteiger charge is -2.38. The molecule has 0 bridgehead atoms. The van der Waals surface area contributed by atoms with Crippen molar-refractivity contribution in [3.63, 3.8) is 0 Å². The van der Waals surface area contributed by atoms with Crippen molar-refractivity contribution in [2.45, 2.75) is 56.7 Å². The van der Waals surface area contributed by atoms with Crippen LogP contribution >= 0.6 is 0 Å². The Balaban J connectivity index is 1.34. The molecule has 4 rings (SSSR count). The SMILES string of the molecule is C=C(NCC(=O)NC(CCCCN)C(=C)N1CCC(n2c(=O)[nH]c3ccccc32)CC1)C(Cc1ccccc1)NC(=O)CN. The molecule has 3 aromatic rings. The van der Waals surface area contributed by atoms with Crippen molar-refractivity contribution in [1.29, 1.82) is 0 Å². The number of aromatic nitrogens is 2. The van der Waals surface area contributed by atoms with Crippen LogP contribution in [0.4, 0.5) is 0 Å². The molecule has 1 aliphatic heterocycles. The molecule has 2 atom stereocenters. The van der Waals surface area contributed by atoms with Crippen LogP contribution in [0.3, 0.4) is 0 Å². The van der Waals surface area contributed by atoms with Crippen LogP contribution in [-0.2, 0) is 16.0 Å². The third-order valence-electron chi connectivity index (χ3n) is 8.24. The Bertz CT molecular complexity index is 1470. The van der Waals surface area contributed by atoms with Gasteiger partial charge in [-0.3, -0.25) is 14.2 Å². The summed E-state index contributed by atoms with van der Waals surface area (Å²) in [5.41, 5.74) is 15.4. The summed E-state index contributed by atoms with van der Waals surface area (Å²) in [5, 5.41) is 9.14. The van der Waals surface area contributed by atoms with E-state index in [9.17, 15) is 14.4 Å². The van der Waals surface area contributed by atoms with Crippen molar-refractivity contribution in [2.75, 3.05) is 32.7 Å². The molecule has 1 aliphatic rings. The molecular formula is C33H46N8O3. The average Bonchev–Trinajstić information content (AvgIpc) is 3.38. The fraction of sp³-hybridized carbons (Fsp3) is 0.424. The van der Waals surface area contributed by atoms with Crippen molar-refractivity contribution in [3.05, 3.63) is 95.2 Å². The number of H-pyrrole nitrogens is 1. The lowest BCUT2D eigenvalue weighted by molar-refractivity contribution is -0.121. The Hall–Kier alpha value is -4.35. The highest BCUT2D eigenvalue weighted by molar-refractivity contribution is 5.80. The lowest BCUT2D eigenvalue weighted by atomic mass is 10.00. The summed E-state index contributed by atoms with van der Waals surface area (Å²) in [5.74, 6) is -0.498. The molecule has 2 aromatic carbocycles. The van der Waals surface area contributed by atoms with Crippen molar-refractivity contribution in [2.24, 2.45) is 11.5 Å². The normalized spacial score (nSPS) is 15.0. The van der Waals surface area contributed by atoms with E-state index in [-0.39, 0.29) is 42.7 Å². The van der Waals surface area contributed by atoms with E-state index in [1.165, 1.54) is 0 Å². The molecular weight excluding hydrogens is 556 g/mol. The van der Waals surface area contributed by atoms with Gasteiger partial charge < -0.3 is 37.3 Å². The van der Waals surface area contributed by atoms with E-state index in [0.29, 0.717) is 25.1 Å². The summed E-state index contributed by atoms with van der Waals surface area (Å²) < 4.78 is 1.87. The predicted molar refractivity (Wildman–Crippen MR) is 175 cm³/mol. The van der Waals surface area contributed by atoms with Gasteiger partial charge in [-0.1, -0.05) is 55.6 Å². The second kappa shape index (κ2) is 15.9. The number of hydrogen-bond acceptors (Lipinski definition) is 7. The molecule has 236 valence electrons. The topological polar surface area (TPSA) is 163 Å². The molecule has 0 spiro atoms. The maximum Gasteiger partial charge on any atom is 0.326 e. The molecule has 2 amide bonds. The first-order valence-corrected chi connectivity index (χ1v) is 15.4. The number of rotatable bonds is 16. The van der Waals surface area contributed by atoms with Gasteiger partial charge in [0.25, 0.3) is 0 Å². The number of unbranched alkanes of at least 4 members (excludes halogenated alkanes) is 1. The smallest absolute Gasteiger partial charge is 0.326 e. The molecule has 0 saturated carbocycles. The molecule has 1 fully saturated rings. The monoisotopic (exact) mass is 602 g/mol. The van der Waals surface area contributed by atoms with Crippen LogP contribution in [0.2, 0.25) is 0 Å². The summed E-state index contributed by atoms with van der Waals surface area (Å²) in [6, 6.07) is 16.9. The molecule has 1 saturated heterocycles. The van der Waals surface area contributed by atoms with E-state index in [1.807, 2.05) is 59.2 Å². The number of nitrogens with one attached hydrogen (secondary N) is 4. The van der Waals surface area contributed by atoms with Crippen LogP contribution in [0.1, 0.15) is 43.7 Å². The van der Waals surface area contributed by atoms with Crippen LogP contribution in [0.5, 0.6) is 0 Å². The number of carbonyl (C=O) groups excluding carboxylic acids is 2. The highest BCUT2D eigenvalue weighted by Crippen LogP contribution is 2.27. The number of piperidine rings is 1. The number of imidazole rings is 1. The molecule has 8 N–H and O–H groups in total. The van der Waals surface area contributed by atoms with Gasteiger partial charge in [-0.25, -0.2) is 4.79 Å². The van der Waals surface area contributed by atoms with Crippen molar-refractivity contribution in [1.82, 2.24) is 30.4 Å². The standard InChI is InChI=1S/C33H46N8O3/c1-23(29(38-31(42)21-35)20-25-10-4-3-5-11-25)36-22-32(43)37-27(12-8-9-17-34)24(2)40-18-15-26(16-19-40)41-30-14-7-6-13-28(30)39-33(41)44/h3-7,10-11,13-14,26-27,29,36H,1-2,8-9,12,15-22,34-35H2,(H,37,43)(H,38,42)(H,39,44). The molecule has 1 aromatic heterocycles. The van der Waals surface area contributed by atoms with Crippen LogP contribution in [-0.4, -0.2) is 71.1 Å².